The van der Waals surface area contributed by atoms with Crippen LogP contribution in [0.2, 0.25) is 0 Å². The van der Waals surface area contributed by atoms with Gasteiger partial charge in [0.2, 0.25) is 0 Å². The Hall–Kier alpha value is -3.29. The van der Waals surface area contributed by atoms with Gasteiger partial charge in [-0.1, -0.05) is 12.1 Å². The molecule has 1 saturated heterocycles. The van der Waals surface area contributed by atoms with Gasteiger partial charge in [0, 0.05) is 25.5 Å². The Labute approximate surface area is 155 Å². The number of rotatable bonds is 3. The molecule has 27 heavy (non-hydrogen) atoms. The SMILES string of the molecule is Fc1ccccc1-c1nnc2ccc(N3CCCC(n4cccn4)C3)nn12. The van der Waals surface area contributed by atoms with Crippen molar-refractivity contribution in [2.45, 2.75) is 18.9 Å². The molecule has 1 aliphatic rings. The number of aromatic nitrogens is 6. The van der Waals surface area contributed by atoms with Crippen LogP contribution < -0.4 is 4.90 Å². The Bertz CT molecular complexity index is 1070. The zero-order valence-corrected chi connectivity index (χ0v) is 14.6. The van der Waals surface area contributed by atoms with E-state index in [0.29, 0.717) is 23.1 Å². The van der Waals surface area contributed by atoms with Crippen LogP contribution in [-0.2, 0) is 0 Å². The van der Waals surface area contributed by atoms with Gasteiger partial charge in [0.15, 0.2) is 11.5 Å². The van der Waals surface area contributed by atoms with Crippen LogP contribution in [-0.4, -0.2) is 42.7 Å². The van der Waals surface area contributed by atoms with Gasteiger partial charge in [0.1, 0.15) is 11.6 Å². The van der Waals surface area contributed by atoms with Crippen LogP contribution in [0.4, 0.5) is 10.2 Å². The number of hydrogen-bond donors (Lipinski definition) is 0. The maximum atomic E-state index is 14.2. The number of fused-ring (bicyclic) bond motifs is 1. The molecule has 7 nitrogen and oxygen atoms in total. The van der Waals surface area contributed by atoms with Crippen LogP contribution in [0.5, 0.6) is 0 Å². The van der Waals surface area contributed by atoms with E-state index < -0.39 is 0 Å². The molecule has 136 valence electrons. The van der Waals surface area contributed by atoms with Gasteiger partial charge in [-0.3, -0.25) is 4.68 Å². The average Bonchev–Trinajstić information content (AvgIpc) is 3.38. The Balaban J connectivity index is 1.51. The molecule has 0 amide bonds. The largest absolute Gasteiger partial charge is 0.353 e. The first kappa shape index (κ1) is 15.9. The summed E-state index contributed by atoms with van der Waals surface area (Å²) in [5.41, 5.74) is 0.986. The van der Waals surface area contributed by atoms with E-state index in [2.05, 4.69) is 20.2 Å². The van der Waals surface area contributed by atoms with Gasteiger partial charge in [0.05, 0.1) is 11.6 Å². The Morgan fingerprint density at radius 1 is 1.04 bits per heavy atom. The second-order valence-corrected chi connectivity index (χ2v) is 6.69. The van der Waals surface area contributed by atoms with Crippen molar-refractivity contribution in [1.82, 2.24) is 29.6 Å². The molecule has 0 bridgehead atoms. The van der Waals surface area contributed by atoms with E-state index in [-0.39, 0.29) is 5.82 Å². The summed E-state index contributed by atoms with van der Waals surface area (Å²) in [6.45, 7) is 1.75. The van der Waals surface area contributed by atoms with Gasteiger partial charge in [-0.15, -0.1) is 15.3 Å². The summed E-state index contributed by atoms with van der Waals surface area (Å²) in [7, 11) is 0. The minimum absolute atomic E-state index is 0.318. The molecule has 1 unspecified atom stereocenters. The van der Waals surface area contributed by atoms with Crippen molar-refractivity contribution < 1.29 is 4.39 Å². The van der Waals surface area contributed by atoms with Crippen molar-refractivity contribution in [1.29, 1.82) is 0 Å². The summed E-state index contributed by atoms with van der Waals surface area (Å²) in [6.07, 6.45) is 5.96. The van der Waals surface area contributed by atoms with E-state index >= 15 is 0 Å². The molecule has 1 atom stereocenters. The van der Waals surface area contributed by atoms with Crippen molar-refractivity contribution in [3.63, 3.8) is 0 Å². The molecular formula is C19H18FN7. The van der Waals surface area contributed by atoms with Gasteiger partial charge in [-0.25, -0.2) is 4.39 Å². The van der Waals surface area contributed by atoms with Gasteiger partial charge < -0.3 is 4.90 Å². The maximum Gasteiger partial charge on any atom is 0.188 e. The first-order valence-electron chi connectivity index (χ1n) is 9.01. The molecule has 1 aromatic carbocycles. The topological polar surface area (TPSA) is 64.1 Å². The molecule has 0 N–H and O–H groups in total. The molecule has 4 aromatic rings. The lowest BCUT2D eigenvalue weighted by molar-refractivity contribution is 0.374. The van der Waals surface area contributed by atoms with Crippen LogP contribution in [0.25, 0.3) is 17.0 Å². The number of hydrogen-bond acceptors (Lipinski definition) is 5. The third-order valence-electron chi connectivity index (χ3n) is 4.98. The molecule has 1 aliphatic heterocycles. The maximum absolute atomic E-state index is 14.2. The van der Waals surface area contributed by atoms with E-state index in [1.807, 2.05) is 29.1 Å². The minimum Gasteiger partial charge on any atom is -0.353 e. The highest BCUT2D eigenvalue weighted by Crippen LogP contribution is 2.26. The average molecular weight is 363 g/mol. The summed E-state index contributed by atoms with van der Waals surface area (Å²) in [5, 5.41) is 17.4. The van der Waals surface area contributed by atoms with Gasteiger partial charge in [0.25, 0.3) is 0 Å². The molecule has 0 radical (unpaired) electrons. The molecule has 1 fully saturated rings. The van der Waals surface area contributed by atoms with Crippen molar-refractivity contribution in [2.24, 2.45) is 0 Å². The fourth-order valence-corrected chi connectivity index (χ4v) is 3.63. The predicted molar refractivity (Wildman–Crippen MR) is 98.9 cm³/mol. The lowest BCUT2D eigenvalue weighted by Crippen LogP contribution is -2.37. The Morgan fingerprint density at radius 2 is 1.96 bits per heavy atom. The zero-order valence-electron chi connectivity index (χ0n) is 14.6. The molecule has 5 rings (SSSR count). The summed E-state index contributed by atoms with van der Waals surface area (Å²) in [4.78, 5) is 2.24. The monoisotopic (exact) mass is 363 g/mol. The normalized spacial score (nSPS) is 17.5. The first-order chi connectivity index (χ1) is 13.3. The summed E-state index contributed by atoms with van der Waals surface area (Å²) < 4.78 is 17.8. The smallest absolute Gasteiger partial charge is 0.188 e. The summed E-state index contributed by atoms with van der Waals surface area (Å²) in [5.74, 6) is 0.901. The van der Waals surface area contributed by atoms with Crippen molar-refractivity contribution in [3.05, 3.63) is 60.7 Å². The van der Waals surface area contributed by atoms with Gasteiger partial charge >= 0.3 is 0 Å². The fraction of sp³-hybridized carbons (Fsp3) is 0.263. The van der Waals surface area contributed by atoms with Crippen LogP contribution in [0.1, 0.15) is 18.9 Å². The van der Waals surface area contributed by atoms with Crippen molar-refractivity contribution in [3.8, 4) is 11.4 Å². The lowest BCUT2D eigenvalue weighted by Gasteiger charge is -2.33. The van der Waals surface area contributed by atoms with Gasteiger partial charge in [-0.05, 0) is 43.2 Å². The number of nitrogens with zero attached hydrogens (tertiary/aromatic N) is 7. The van der Waals surface area contributed by atoms with E-state index in [0.717, 1.165) is 31.7 Å². The van der Waals surface area contributed by atoms with Crippen LogP contribution in [0.15, 0.2) is 54.9 Å². The molecule has 0 spiro atoms. The second-order valence-electron chi connectivity index (χ2n) is 6.69. The van der Waals surface area contributed by atoms with Gasteiger partial charge in [-0.2, -0.15) is 9.61 Å². The van der Waals surface area contributed by atoms with Crippen molar-refractivity contribution >= 4 is 11.5 Å². The molecular weight excluding hydrogens is 345 g/mol. The van der Waals surface area contributed by atoms with Crippen LogP contribution in [0.3, 0.4) is 0 Å². The Morgan fingerprint density at radius 3 is 2.81 bits per heavy atom. The second kappa shape index (κ2) is 6.46. The van der Waals surface area contributed by atoms with E-state index in [4.69, 9.17) is 5.10 Å². The van der Waals surface area contributed by atoms with Crippen LogP contribution >= 0.6 is 0 Å². The highest BCUT2D eigenvalue weighted by atomic mass is 19.1. The number of halogens is 1. The summed E-state index contributed by atoms with van der Waals surface area (Å²) >= 11 is 0. The van der Waals surface area contributed by atoms with Crippen LogP contribution in [0, 0.1) is 5.82 Å². The zero-order chi connectivity index (χ0) is 18.2. The molecule has 3 aromatic heterocycles. The van der Waals surface area contributed by atoms with E-state index in [1.165, 1.54) is 6.07 Å². The predicted octanol–water partition coefficient (Wildman–Crippen LogP) is 2.97. The minimum atomic E-state index is -0.337. The third-order valence-corrected chi connectivity index (χ3v) is 4.98. The molecule has 4 heterocycles. The highest BCUT2D eigenvalue weighted by Gasteiger charge is 2.23. The number of anilines is 1. The molecule has 0 aliphatic carbocycles. The number of piperidine rings is 1. The standard InChI is InChI=1S/C19H18FN7/c20-16-7-2-1-6-15(16)19-23-22-17-8-9-18(24-27(17)19)25-11-3-5-14(13-25)26-12-4-10-21-26/h1-2,4,6-10,12,14H,3,5,11,13H2. The Kier molecular flexibility index (Phi) is 3.81. The molecule has 0 saturated carbocycles. The third kappa shape index (κ3) is 2.83. The first-order valence-corrected chi connectivity index (χ1v) is 9.01. The number of benzene rings is 1. The lowest BCUT2D eigenvalue weighted by atomic mass is 10.1. The summed E-state index contributed by atoms with van der Waals surface area (Å²) in [6, 6.07) is 12.6. The fourth-order valence-electron chi connectivity index (χ4n) is 3.63. The van der Waals surface area contributed by atoms with Crippen molar-refractivity contribution in [2.75, 3.05) is 18.0 Å². The van der Waals surface area contributed by atoms with E-state index in [1.54, 1.807) is 28.9 Å². The highest BCUT2D eigenvalue weighted by molar-refractivity contribution is 5.60. The molecule has 8 heteroatoms. The quantitative estimate of drug-likeness (QED) is 0.560. The van der Waals surface area contributed by atoms with E-state index in [9.17, 15) is 4.39 Å².